The first-order valence-corrected chi connectivity index (χ1v) is 7.26. The van der Waals surface area contributed by atoms with Crippen LogP contribution in [0.5, 0.6) is 0 Å². The molecule has 0 aliphatic rings. The highest BCUT2D eigenvalue weighted by Gasteiger charge is 2.08. The predicted molar refractivity (Wildman–Crippen MR) is 87.3 cm³/mol. The molecule has 0 fully saturated rings. The van der Waals surface area contributed by atoms with E-state index in [9.17, 15) is 0 Å². The van der Waals surface area contributed by atoms with E-state index in [4.69, 9.17) is 0 Å². The minimum Gasteiger partial charge on any atom is -0.377 e. The van der Waals surface area contributed by atoms with Crippen molar-refractivity contribution in [2.75, 3.05) is 5.32 Å². The van der Waals surface area contributed by atoms with Crippen molar-refractivity contribution in [2.24, 2.45) is 0 Å². The van der Waals surface area contributed by atoms with Gasteiger partial charge in [0, 0.05) is 15.0 Å². The molecule has 0 bridgehead atoms. The quantitative estimate of drug-likeness (QED) is 0.680. The third-order valence-electron chi connectivity index (χ3n) is 3.22. The number of nitrogens with one attached hydrogen (secondary N) is 2. The lowest BCUT2D eigenvalue weighted by Gasteiger charge is -2.16. The molecule has 4 heteroatoms. The number of aromatic nitrogens is 2. The van der Waals surface area contributed by atoms with Crippen LogP contribution in [0.2, 0.25) is 0 Å². The highest BCUT2D eigenvalue weighted by Crippen LogP contribution is 2.25. The van der Waals surface area contributed by atoms with Gasteiger partial charge < -0.3 is 5.32 Å². The van der Waals surface area contributed by atoms with Crippen LogP contribution < -0.4 is 5.32 Å². The maximum Gasteiger partial charge on any atom is 0.0881 e. The third-order valence-corrected chi connectivity index (χ3v) is 3.94. The summed E-state index contributed by atoms with van der Waals surface area (Å²) in [6.45, 7) is 2.16. The topological polar surface area (TPSA) is 40.7 Å². The molecule has 1 unspecified atom stereocenters. The second-order valence-corrected chi connectivity index (χ2v) is 5.80. The van der Waals surface area contributed by atoms with Crippen molar-refractivity contribution < 1.29 is 0 Å². The molecular weight excluding hydrogens is 349 g/mol. The van der Waals surface area contributed by atoms with E-state index in [1.807, 2.05) is 12.3 Å². The van der Waals surface area contributed by atoms with E-state index in [-0.39, 0.29) is 6.04 Å². The van der Waals surface area contributed by atoms with Crippen LogP contribution >= 0.6 is 22.6 Å². The number of halogens is 1. The molecule has 0 saturated carbocycles. The summed E-state index contributed by atoms with van der Waals surface area (Å²) < 4.78 is 1.25. The average molecular weight is 363 g/mol. The first-order chi connectivity index (χ1) is 9.24. The first kappa shape index (κ1) is 12.5. The Morgan fingerprint density at radius 2 is 1.95 bits per heavy atom. The maximum absolute atomic E-state index is 4.09. The van der Waals surface area contributed by atoms with Gasteiger partial charge in [0.05, 0.1) is 17.4 Å². The van der Waals surface area contributed by atoms with Gasteiger partial charge >= 0.3 is 0 Å². The second kappa shape index (κ2) is 5.21. The summed E-state index contributed by atoms with van der Waals surface area (Å²) in [4.78, 5) is 0. The van der Waals surface area contributed by atoms with Crippen molar-refractivity contribution in [1.82, 2.24) is 10.2 Å². The molecular formula is C15H14IN3. The molecule has 0 aliphatic heterocycles. The molecule has 19 heavy (non-hydrogen) atoms. The molecule has 96 valence electrons. The van der Waals surface area contributed by atoms with Crippen LogP contribution in [0, 0.1) is 3.57 Å². The standard InChI is InChI=1S/C15H14IN3/c1-10(11-5-7-13(16)8-6-11)18-14-4-2-3-12-9-17-19-15(12)14/h2-10,18H,1H3,(H,17,19). The van der Waals surface area contributed by atoms with Crippen molar-refractivity contribution in [3.63, 3.8) is 0 Å². The van der Waals surface area contributed by atoms with Crippen LogP contribution in [0.15, 0.2) is 48.7 Å². The summed E-state index contributed by atoms with van der Waals surface area (Å²) in [5.74, 6) is 0. The molecule has 0 radical (unpaired) electrons. The number of anilines is 1. The Kier molecular flexibility index (Phi) is 3.42. The monoisotopic (exact) mass is 363 g/mol. The Balaban J connectivity index is 1.88. The average Bonchev–Trinajstić information content (AvgIpc) is 2.89. The van der Waals surface area contributed by atoms with Gasteiger partial charge in [-0.25, -0.2) is 0 Å². The fraction of sp³-hybridized carbons (Fsp3) is 0.133. The molecule has 2 N–H and O–H groups in total. The molecule has 0 amide bonds. The van der Waals surface area contributed by atoms with Gasteiger partial charge in [-0.3, -0.25) is 5.10 Å². The normalized spacial score (nSPS) is 12.5. The van der Waals surface area contributed by atoms with Gasteiger partial charge in [0.2, 0.25) is 0 Å². The molecule has 3 rings (SSSR count). The van der Waals surface area contributed by atoms with Crippen LogP contribution in [0.4, 0.5) is 5.69 Å². The molecule has 0 saturated heterocycles. The third kappa shape index (κ3) is 2.58. The van der Waals surface area contributed by atoms with E-state index in [1.165, 1.54) is 9.13 Å². The zero-order valence-corrected chi connectivity index (χ0v) is 12.7. The number of aromatic amines is 1. The van der Waals surface area contributed by atoms with E-state index in [0.29, 0.717) is 0 Å². The molecule has 3 aromatic rings. The van der Waals surface area contributed by atoms with Gasteiger partial charge in [-0.15, -0.1) is 0 Å². The SMILES string of the molecule is CC(Nc1cccc2cn[nH]c12)c1ccc(I)cc1. The summed E-state index contributed by atoms with van der Waals surface area (Å²) in [6, 6.07) is 15.0. The zero-order chi connectivity index (χ0) is 13.2. The second-order valence-electron chi connectivity index (χ2n) is 4.56. The number of rotatable bonds is 3. The maximum atomic E-state index is 4.09. The van der Waals surface area contributed by atoms with E-state index in [2.05, 4.69) is 81.4 Å². The van der Waals surface area contributed by atoms with E-state index >= 15 is 0 Å². The molecule has 1 aromatic heterocycles. The molecule has 3 nitrogen and oxygen atoms in total. The highest BCUT2D eigenvalue weighted by molar-refractivity contribution is 14.1. The number of nitrogens with zero attached hydrogens (tertiary/aromatic N) is 1. The number of hydrogen-bond donors (Lipinski definition) is 2. The minimum atomic E-state index is 0.255. The molecule has 1 heterocycles. The lowest BCUT2D eigenvalue weighted by molar-refractivity contribution is 0.885. The molecule has 1 atom stereocenters. The van der Waals surface area contributed by atoms with Crippen molar-refractivity contribution in [1.29, 1.82) is 0 Å². The summed E-state index contributed by atoms with van der Waals surface area (Å²) in [6.07, 6.45) is 1.84. The fourth-order valence-electron chi connectivity index (χ4n) is 2.16. The van der Waals surface area contributed by atoms with Crippen molar-refractivity contribution in [3.05, 3.63) is 57.8 Å². The van der Waals surface area contributed by atoms with Gasteiger partial charge in [-0.2, -0.15) is 5.10 Å². The van der Waals surface area contributed by atoms with Crippen molar-refractivity contribution >= 4 is 39.2 Å². The van der Waals surface area contributed by atoms with Crippen molar-refractivity contribution in [2.45, 2.75) is 13.0 Å². The number of H-pyrrole nitrogens is 1. The highest BCUT2D eigenvalue weighted by atomic mass is 127. The van der Waals surface area contributed by atoms with Gasteiger partial charge in [-0.05, 0) is 53.3 Å². The first-order valence-electron chi connectivity index (χ1n) is 6.18. The van der Waals surface area contributed by atoms with E-state index in [0.717, 1.165) is 16.6 Å². The van der Waals surface area contributed by atoms with Crippen LogP contribution in [-0.2, 0) is 0 Å². The molecule has 0 spiro atoms. The number of para-hydroxylation sites is 1. The fourth-order valence-corrected chi connectivity index (χ4v) is 2.52. The Bertz CT molecular complexity index is 688. The summed E-state index contributed by atoms with van der Waals surface area (Å²) >= 11 is 2.32. The van der Waals surface area contributed by atoms with E-state index < -0.39 is 0 Å². The predicted octanol–water partition coefficient (Wildman–Crippen LogP) is 4.34. The molecule has 2 aromatic carbocycles. The van der Waals surface area contributed by atoms with Crippen LogP contribution in [0.1, 0.15) is 18.5 Å². The summed E-state index contributed by atoms with van der Waals surface area (Å²) in [5.41, 5.74) is 3.41. The zero-order valence-electron chi connectivity index (χ0n) is 10.5. The lowest BCUT2D eigenvalue weighted by Crippen LogP contribution is -2.06. The van der Waals surface area contributed by atoms with Crippen LogP contribution in [-0.4, -0.2) is 10.2 Å². The Morgan fingerprint density at radius 1 is 1.16 bits per heavy atom. The van der Waals surface area contributed by atoms with Crippen LogP contribution in [0.25, 0.3) is 10.9 Å². The van der Waals surface area contributed by atoms with Crippen molar-refractivity contribution in [3.8, 4) is 0 Å². The van der Waals surface area contributed by atoms with Gasteiger partial charge in [0.25, 0.3) is 0 Å². The minimum absolute atomic E-state index is 0.255. The summed E-state index contributed by atoms with van der Waals surface area (Å²) in [7, 11) is 0. The van der Waals surface area contributed by atoms with Gasteiger partial charge in [-0.1, -0.05) is 24.3 Å². The summed E-state index contributed by atoms with van der Waals surface area (Å²) in [5, 5.41) is 11.8. The number of benzene rings is 2. The Labute approximate surface area is 125 Å². The Morgan fingerprint density at radius 3 is 2.74 bits per heavy atom. The van der Waals surface area contributed by atoms with Gasteiger partial charge in [0.15, 0.2) is 0 Å². The van der Waals surface area contributed by atoms with Gasteiger partial charge in [0.1, 0.15) is 0 Å². The Hall–Kier alpha value is -1.56. The van der Waals surface area contributed by atoms with E-state index in [1.54, 1.807) is 0 Å². The number of hydrogen-bond acceptors (Lipinski definition) is 2. The van der Waals surface area contributed by atoms with Crippen LogP contribution in [0.3, 0.4) is 0 Å². The largest absolute Gasteiger partial charge is 0.377 e. The number of fused-ring (bicyclic) bond motifs is 1. The molecule has 0 aliphatic carbocycles. The lowest BCUT2D eigenvalue weighted by atomic mass is 10.1. The smallest absolute Gasteiger partial charge is 0.0881 e.